The predicted molar refractivity (Wildman–Crippen MR) is 228 cm³/mol. The summed E-state index contributed by atoms with van der Waals surface area (Å²) in [5.74, 6) is -6.07. The van der Waals surface area contributed by atoms with E-state index >= 15 is 0 Å². The number of hydrogen-bond acceptors (Lipinski definition) is 22. The number of carbonyl (C=O) groups is 8. The summed E-state index contributed by atoms with van der Waals surface area (Å²) in [6.07, 6.45) is 5.77. The lowest BCUT2D eigenvalue weighted by Gasteiger charge is -2.06. The Hall–Kier alpha value is -5.88. The zero-order valence-corrected chi connectivity index (χ0v) is 37.7. The number of ether oxygens (including phenoxy) is 7. The smallest absolute Gasteiger partial charge is 0.374 e. The Bertz CT molecular complexity index is 1680. The van der Waals surface area contributed by atoms with Gasteiger partial charge in [-0.2, -0.15) is 0 Å². The van der Waals surface area contributed by atoms with Gasteiger partial charge in [-0.15, -0.1) is 0 Å². The van der Waals surface area contributed by atoms with Gasteiger partial charge in [0.15, 0.2) is 0 Å². The van der Waals surface area contributed by atoms with Gasteiger partial charge in [0.1, 0.15) is 0 Å². The van der Waals surface area contributed by atoms with Gasteiger partial charge in [0.05, 0.1) is 71.9 Å². The Morgan fingerprint density at radius 3 is 0.776 bits per heavy atom. The summed E-state index contributed by atoms with van der Waals surface area (Å²) < 4.78 is 44.9. The first-order valence-electron chi connectivity index (χ1n) is 21.9. The third-order valence-corrected chi connectivity index (χ3v) is 8.12. The van der Waals surface area contributed by atoms with Crippen LogP contribution in [0.4, 0.5) is 0 Å². The van der Waals surface area contributed by atoms with Crippen LogP contribution in [0.5, 0.6) is 0 Å². The standard InChI is InChI=1S/C22H32O11.C18H24O10.C4H10O2/c23-11-1-3-13-29-19(25)9-10-20(26)30-14-5-6-16-32-22(28)18-8-7-17(33-18)21(27)31-15-4-2-12-24;19-9-1-2-11-26-17(23)13-5-6-14(28-13)18(24)27-12-4-3-10-25-16(22)8-7-15(20)21;5-3-1-2-4-6/h7-8,23-24H,1-6,9-16H2;5-6,19H,1-4,7-12H2,(H,20,21);5-6H,1-4H2. The maximum atomic E-state index is 11.9. The zero-order chi connectivity index (χ0) is 49.9. The van der Waals surface area contributed by atoms with Crippen molar-refractivity contribution in [2.75, 3.05) is 79.3 Å². The van der Waals surface area contributed by atoms with E-state index in [1.165, 1.54) is 24.3 Å². The SMILES string of the molecule is O=C(CCC(=O)OCCCCOC(=O)c1ccc(C(=O)OCCCCO)o1)OCCCCO.O=C(O)CCC(=O)OCCCCOC(=O)c1ccc(C(=O)OCCCCO)o1.OCCCCO. The van der Waals surface area contributed by atoms with Gasteiger partial charge in [-0.3, -0.25) is 19.2 Å². The van der Waals surface area contributed by atoms with Gasteiger partial charge in [-0.05, 0) is 101 Å². The Morgan fingerprint density at radius 2 is 0.537 bits per heavy atom. The van der Waals surface area contributed by atoms with Crippen LogP contribution >= 0.6 is 0 Å². The molecule has 0 aliphatic rings. The molecule has 0 spiro atoms. The Labute approximate surface area is 387 Å². The molecule has 0 bridgehead atoms. The number of aliphatic carboxylic acids is 1. The fourth-order valence-corrected chi connectivity index (χ4v) is 4.52. The first-order chi connectivity index (χ1) is 32.3. The minimum atomic E-state index is -1.07. The highest BCUT2D eigenvalue weighted by Gasteiger charge is 2.19. The fraction of sp³-hybridized carbons (Fsp3) is 0.636. The normalized spacial score (nSPS) is 10.3. The molecule has 0 aliphatic carbocycles. The molecule has 0 radical (unpaired) electrons. The lowest BCUT2D eigenvalue weighted by atomic mass is 10.3. The summed E-state index contributed by atoms with van der Waals surface area (Å²) >= 11 is 0. The molecule has 380 valence electrons. The Morgan fingerprint density at radius 1 is 0.328 bits per heavy atom. The van der Waals surface area contributed by atoms with Crippen molar-refractivity contribution in [3.05, 3.63) is 47.3 Å². The van der Waals surface area contributed by atoms with Gasteiger partial charge in [0.25, 0.3) is 0 Å². The Balaban J connectivity index is 0.00000117. The van der Waals surface area contributed by atoms with Crippen LogP contribution in [0.2, 0.25) is 0 Å². The third-order valence-electron chi connectivity index (χ3n) is 8.12. The fourth-order valence-electron chi connectivity index (χ4n) is 4.52. The number of unbranched alkanes of at least 4 members (excludes halogenated alkanes) is 6. The number of esters is 7. The number of carbonyl (C=O) groups excluding carboxylic acids is 7. The summed E-state index contributed by atoms with van der Waals surface area (Å²) in [6, 6.07) is 5.24. The first-order valence-corrected chi connectivity index (χ1v) is 21.9. The van der Waals surface area contributed by atoms with Crippen LogP contribution in [0.1, 0.15) is 145 Å². The van der Waals surface area contributed by atoms with Gasteiger partial charge >= 0.3 is 47.8 Å². The monoisotopic (exact) mass is 962 g/mol. The average Bonchev–Trinajstić information content (AvgIpc) is 4.03. The lowest BCUT2D eigenvalue weighted by molar-refractivity contribution is -0.150. The molecule has 0 aliphatic heterocycles. The van der Waals surface area contributed by atoms with Crippen LogP contribution in [-0.4, -0.2) is 158 Å². The second kappa shape index (κ2) is 41.5. The number of hydrogen-bond donors (Lipinski definition) is 6. The van der Waals surface area contributed by atoms with E-state index in [4.69, 9.17) is 72.6 Å². The van der Waals surface area contributed by atoms with Crippen molar-refractivity contribution >= 4 is 47.8 Å². The van der Waals surface area contributed by atoms with Crippen LogP contribution in [-0.2, 0) is 52.3 Å². The van der Waals surface area contributed by atoms with Crippen LogP contribution in [0.15, 0.2) is 33.1 Å². The summed E-state index contributed by atoms with van der Waals surface area (Å²) in [7, 11) is 0. The number of aliphatic hydroxyl groups excluding tert-OH is 5. The quantitative estimate of drug-likeness (QED) is 0.0328. The molecule has 0 amide bonds. The molecule has 2 heterocycles. The molecule has 0 atom stereocenters. The number of carboxylic acids is 1. The van der Waals surface area contributed by atoms with Crippen LogP contribution in [0, 0.1) is 0 Å². The van der Waals surface area contributed by atoms with Crippen molar-refractivity contribution in [2.45, 2.75) is 103 Å². The zero-order valence-electron chi connectivity index (χ0n) is 37.7. The second-order valence-corrected chi connectivity index (χ2v) is 13.8. The van der Waals surface area contributed by atoms with Crippen LogP contribution < -0.4 is 0 Å². The number of rotatable bonds is 35. The number of carboxylic acid groups (broad SMARTS) is 1. The molecule has 23 heteroatoms. The molecule has 2 aromatic heterocycles. The first kappa shape index (κ1) is 61.1. The van der Waals surface area contributed by atoms with Gasteiger partial charge < -0.3 is 72.6 Å². The second-order valence-electron chi connectivity index (χ2n) is 13.8. The van der Waals surface area contributed by atoms with Gasteiger partial charge in [-0.1, -0.05) is 0 Å². The molecule has 0 fully saturated rings. The average molecular weight is 963 g/mol. The van der Waals surface area contributed by atoms with Crippen molar-refractivity contribution in [2.24, 2.45) is 0 Å². The van der Waals surface area contributed by atoms with E-state index in [2.05, 4.69) is 0 Å². The van der Waals surface area contributed by atoms with Crippen molar-refractivity contribution in [3.63, 3.8) is 0 Å². The molecule has 0 saturated heterocycles. The highest BCUT2D eigenvalue weighted by Crippen LogP contribution is 2.13. The minimum absolute atomic E-state index is 0.0143. The molecule has 67 heavy (non-hydrogen) atoms. The summed E-state index contributed by atoms with van der Waals surface area (Å²) in [5.41, 5.74) is 0. The molecule has 0 saturated carbocycles. The minimum Gasteiger partial charge on any atom is -0.481 e. The predicted octanol–water partition coefficient (Wildman–Crippen LogP) is 3.09. The van der Waals surface area contributed by atoms with Crippen LogP contribution in [0.25, 0.3) is 0 Å². The topological polar surface area (TPSA) is 349 Å². The summed E-state index contributed by atoms with van der Waals surface area (Å²) in [6.45, 7) is 1.30. The largest absolute Gasteiger partial charge is 0.481 e. The summed E-state index contributed by atoms with van der Waals surface area (Å²) in [5, 5.41) is 50.6. The van der Waals surface area contributed by atoms with Crippen molar-refractivity contribution < 1.29 is 111 Å². The molecular formula is C44H66O23. The Kier molecular flexibility index (Phi) is 37.9. The highest BCUT2D eigenvalue weighted by molar-refractivity contribution is 5.91. The molecule has 0 aromatic carbocycles. The third kappa shape index (κ3) is 34.1. The van der Waals surface area contributed by atoms with Crippen molar-refractivity contribution in [1.29, 1.82) is 0 Å². The van der Waals surface area contributed by atoms with E-state index < -0.39 is 47.8 Å². The van der Waals surface area contributed by atoms with Crippen LogP contribution in [0.3, 0.4) is 0 Å². The summed E-state index contributed by atoms with van der Waals surface area (Å²) in [4.78, 5) is 91.8. The van der Waals surface area contributed by atoms with E-state index in [1.807, 2.05) is 0 Å². The number of furan rings is 2. The van der Waals surface area contributed by atoms with Crippen molar-refractivity contribution in [3.8, 4) is 0 Å². The molecule has 6 N–H and O–H groups in total. The molecular weight excluding hydrogens is 896 g/mol. The van der Waals surface area contributed by atoms with E-state index in [-0.39, 0.29) is 128 Å². The molecule has 2 aromatic rings. The molecule has 23 nitrogen and oxygen atoms in total. The maximum Gasteiger partial charge on any atom is 0.374 e. The van der Waals surface area contributed by atoms with E-state index in [0.717, 1.165) is 12.8 Å². The van der Waals surface area contributed by atoms with Gasteiger partial charge in [0.2, 0.25) is 23.0 Å². The van der Waals surface area contributed by atoms with Gasteiger partial charge in [0, 0.05) is 33.0 Å². The van der Waals surface area contributed by atoms with Gasteiger partial charge in [-0.25, -0.2) is 19.2 Å². The lowest BCUT2D eigenvalue weighted by Crippen LogP contribution is -2.12. The highest BCUT2D eigenvalue weighted by atomic mass is 16.6. The maximum absolute atomic E-state index is 11.9. The van der Waals surface area contributed by atoms with E-state index in [0.29, 0.717) is 64.2 Å². The van der Waals surface area contributed by atoms with Crippen molar-refractivity contribution in [1.82, 2.24) is 0 Å². The molecule has 2 rings (SSSR count). The van der Waals surface area contributed by atoms with E-state index in [1.54, 1.807) is 0 Å². The van der Waals surface area contributed by atoms with E-state index in [9.17, 15) is 38.4 Å². The molecule has 0 unspecified atom stereocenters. The number of aliphatic hydroxyl groups is 5.